The van der Waals surface area contributed by atoms with Gasteiger partial charge in [-0.3, -0.25) is 9.59 Å². The molecule has 6 nitrogen and oxygen atoms in total. The van der Waals surface area contributed by atoms with Gasteiger partial charge < -0.3 is 14.6 Å². The molecule has 1 saturated carbocycles. The van der Waals surface area contributed by atoms with Crippen molar-refractivity contribution >= 4 is 22.9 Å². The molecule has 1 aliphatic carbocycles. The molecule has 2 amide bonds. The summed E-state index contributed by atoms with van der Waals surface area (Å²) in [6.07, 6.45) is 8.92. The van der Waals surface area contributed by atoms with Crippen LogP contribution in [0.3, 0.4) is 0 Å². The lowest BCUT2D eigenvalue weighted by molar-refractivity contribution is -0.127. The molecule has 35 heavy (non-hydrogen) atoms. The van der Waals surface area contributed by atoms with E-state index in [0.717, 1.165) is 31.2 Å². The summed E-state index contributed by atoms with van der Waals surface area (Å²) in [5, 5.41) is 3.31. The maximum atomic E-state index is 13.2. The number of fused-ring (bicyclic) bond motifs is 1. The molecule has 1 atom stereocenters. The summed E-state index contributed by atoms with van der Waals surface area (Å²) in [5.74, 6) is 1.06. The fourth-order valence-electron chi connectivity index (χ4n) is 5.52. The molecule has 0 spiro atoms. The number of amides is 2. The van der Waals surface area contributed by atoms with Gasteiger partial charge in [0.15, 0.2) is 5.58 Å². The van der Waals surface area contributed by atoms with Gasteiger partial charge in [0.2, 0.25) is 11.8 Å². The number of carbonyl (C=O) groups is 2. The highest BCUT2D eigenvalue weighted by molar-refractivity contribution is 5.97. The van der Waals surface area contributed by atoms with E-state index in [2.05, 4.69) is 17.2 Å². The summed E-state index contributed by atoms with van der Waals surface area (Å²) in [6, 6.07) is 15.6. The van der Waals surface area contributed by atoms with E-state index in [9.17, 15) is 9.59 Å². The zero-order valence-corrected chi connectivity index (χ0v) is 20.5. The summed E-state index contributed by atoms with van der Waals surface area (Å²) in [7, 11) is 0. The van der Waals surface area contributed by atoms with Crippen molar-refractivity contribution in [3.63, 3.8) is 0 Å². The number of rotatable bonds is 5. The van der Waals surface area contributed by atoms with E-state index in [1.54, 1.807) is 0 Å². The van der Waals surface area contributed by atoms with Crippen molar-refractivity contribution in [1.29, 1.82) is 0 Å². The van der Waals surface area contributed by atoms with Gasteiger partial charge in [-0.05, 0) is 61.9 Å². The first-order chi connectivity index (χ1) is 17.1. The average molecular weight is 474 g/mol. The Bertz CT molecular complexity index is 1160. The van der Waals surface area contributed by atoms with Gasteiger partial charge in [-0.1, -0.05) is 50.8 Å². The van der Waals surface area contributed by atoms with E-state index in [4.69, 9.17) is 4.42 Å². The molecule has 1 saturated heterocycles. The maximum absolute atomic E-state index is 13.2. The number of benzene rings is 2. The first kappa shape index (κ1) is 23.6. The fraction of sp³-hybridized carbons (Fsp3) is 0.483. The van der Waals surface area contributed by atoms with E-state index in [1.807, 2.05) is 53.4 Å². The molecule has 2 aromatic carbocycles. The Morgan fingerprint density at radius 2 is 1.69 bits per heavy atom. The molecule has 2 fully saturated rings. The molecule has 0 unspecified atom stereocenters. The number of hydrogen-bond donors (Lipinski definition) is 1. The standard InChI is InChI=1S/C29H35N3O3/c1-20(27(33)30-24-11-7-2-3-8-12-24)21-15-17-32(18-16-21)29(34)23-13-14-26-25(19-23)31-28(35-26)22-9-5-4-6-10-22/h4-6,9-10,13-14,19-21,24H,2-3,7-8,11-12,15-18H2,1H3,(H,30,33)/t20-/m1/s1. The highest BCUT2D eigenvalue weighted by Gasteiger charge is 2.31. The number of nitrogens with zero attached hydrogens (tertiary/aromatic N) is 2. The number of carbonyl (C=O) groups excluding carboxylic acids is 2. The summed E-state index contributed by atoms with van der Waals surface area (Å²) in [6.45, 7) is 3.41. The number of nitrogens with one attached hydrogen (secondary N) is 1. The average Bonchev–Trinajstić information content (AvgIpc) is 3.17. The monoisotopic (exact) mass is 473 g/mol. The van der Waals surface area contributed by atoms with Crippen LogP contribution >= 0.6 is 0 Å². The van der Waals surface area contributed by atoms with Gasteiger partial charge in [0.1, 0.15) is 5.52 Å². The topological polar surface area (TPSA) is 75.4 Å². The van der Waals surface area contributed by atoms with Crippen LogP contribution in [0.1, 0.15) is 68.6 Å². The van der Waals surface area contributed by atoms with Crippen LogP contribution in [-0.2, 0) is 4.79 Å². The van der Waals surface area contributed by atoms with Gasteiger partial charge >= 0.3 is 0 Å². The van der Waals surface area contributed by atoms with Crippen molar-refractivity contribution < 1.29 is 14.0 Å². The zero-order valence-electron chi connectivity index (χ0n) is 20.5. The number of likely N-dealkylation sites (tertiary alicyclic amines) is 1. The van der Waals surface area contributed by atoms with E-state index < -0.39 is 0 Å². The number of oxazole rings is 1. The molecule has 2 heterocycles. The number of aromatic nitrogens is 1. The first-order valence-corrected chi connectivity index (χ1v) is 13.1. The predicted molar refractivity (Wildman–Crippen MR) is 137 cm³/mol. The molecule has 5 rings (SSSR count). The van der Waals surface area contributed by atoms with Gasteiger partial charge in [-0.15, -0.1) is 0 Å². The highest BCUT2D eigenvalue weighted by atomic mass is 16.3. The van der Waals surface area contributed by atoms with Crippen LogP contribution in [0.15, 0.2) is 52.9 Å². The second-order valence-corrected chi connectivity index (χ2v) is 10.2. The van der Waals surface area contributed by atoms with Crippen LogP contribution in [0.5, 0.6) is 0 Å². The van der Waals surface area contributed by atoms with Crippen molar-refractivity contribution in [1.82, 2.24) is 15.2 Å². The third-order valence-corrected chi connectivity index (χ3v) is 7.80. The van der Waals surface area contributed by atoms with Crippen LogP contribution in [0.4, 0.5) is 0 Å². The molecule has 0 bridgehead atoms. The molecular formula is C29H35N3O3. The molecule has 6 heteroatoms. The second-order valence-electron chi connectivity index (χ2n) is 10.2. The van der Waals surface area contributed by atoms with Gasteiger partial charge in [0, 0.05) is 36.2 Å². The fourth-order valence-corrected chi connectivity index (χ4v) is 5.52. The number of piperidine rings is 1. The van der Waals surface area contributed by atoms with E-state index in [1.165, 1.54) is 25.7 Å². The Labute approximate surface area is 207 Å². The molecule has 2 aliphatic rings. The van der Waals surface area contributed by atoms with Crippen LogP contribution in [0.2, 0.25) is 0 Å². The van der Waals surface area contributed by atoms with Gasteiger partial charge in [0.05, 0.1) is 0 Å². The van der Waals surface area contributed by atoms with Gasteiger partial charge in [-0.25, -0.2) is 4.98 Å². The van der Waals surface area contributed by atoms with E-state index in [0.29, 0.717) is 47.6 Å². The molecular weight excluding hydrogens is 438 g/mol. The van der Waals surface area contributed by atoms with E-state index in [-0.39, 0.29) is 17.7 Å². The smallest absolute Gasteiger partial charge is 0.253 e. The molecule has 1 aliphatic heterocycles. The van der Waals surface area contributed by atoms with Crippen molar-refractivity contribution in [2.45, 2.75) is 64.3 Å². The highest BCUT2D eigenvalue weighted by Crippen LogP contribution is 2.29. The summed E-state index contributed by atoms with van der Waals surface area (Å²) < 4.78 is 5.88. The lowest BCUT2D eigenvalue weighted by Crippen LogP contribution is -2.44. The predicted octanol–water partition coefficient (Wildman–Crippen LogP) is 5.82. The Morgan fingerprint density at radius 3 is 2.40 bits per heavy atom. The lowest BCUT2D eigenvalue weighted by atomic mass is 9.84. The lowest BCUT2D eigenvalue weighted by Gasteiger charge is -2.35. The maximum Gasteiger partial charge on any atom is 0.253 e. The number of hydrogen-bond acceptors (Lipinski definition) is 4. The van der Waals surface area contributed by atoms with Crippen molar-refractivity contribution in [2.24, 2.45) is 11.8 Å². The van der Waals surface area contributed by atoms with Gasteiger partial charge in [-0.2, -0.15) is 0 Å². The van der Waals surface area contributed by atoms with Crippen molar-refractivity contribution in [2.75, 3.05) is 13.1 Å². The third kappa shape index (κ3) is 5.42. The largest absolute Gasteiger partial charge is 0.436 e. The van der Waals surface area contributed by atoms with Crippen LogP contribution in [-0.4, -0.2) is 40.8 Å². The summed E-state index contributed by atoms with van der Waals surface area (Å²) >= 11 is 0. The van der Waals surface area contributed by atoms with Gasteiger partial charge in [0.25, 0.3) is 5.91 Å². The second kappa shape index (κ2) is 10.6. The van der Waals surface area contributed by atoms with Crippen LogP contribution < -0.4 is 5.32 Å². The molecule has 1 aromatic heterocycles. The molecule has 1 N–H and O–H groups in total. The Morgan fingerprint density at radius 1 is 0.971 bits per heavy atom. The third-order valence-electron chi connectivity index (χ3n) is 7.80. The normalized spacial score (nSPS) is 18.8. The van der Waals surface area contributed by atoms with Crippen LogP contribution in [0, 0.1) is 11.8 Å². The minimum atomic E-state index is -0.0154. The minimum absolute atomic E-state index is 0.0154. The Hall–Kier alpha value is -3.15. The molecule has 3 aromatic rings. The zero-order chi connectivity index (χ0) is 24.2. The first-order valence-electron chi connectivity index (χ1n) is 13.1. The summed E-state index contributed by atoms with van der Waals surface area (Å²) in [4.78, 5) is 32.6. The minimum Gasteiger partial charge on any atom is -0.436 e. The van der Waals surface area contributed by atoms with Crippen molar-refractivity contribution in [3.8, 4) is 11.5 Å². The van der Waals surface area contributed by atoms with E-state index >= 15 is 0 Å². The summed E-state index contributed by atoms with van der Waals surface area (Å²) in [5.41, 5.74) is 2.90. The van der Waals surface area contributed by atoms with Crippen LogP contribution in [0.25, 0.3) is 22.6 Å². The molecule has 0 radical (unpaired) electrons. The van der Waals surface area contributed by atoms with Crippen molar-refractivity contribution in [3.05, 3.63) is 54.1 Å². The SMILES string of the molecule is C[C@@H](C(=O)NC1CCCCCC1)C1CCN(C(=O)c2ccc3oc(-c4ccccc4)nc3c2)CC1. The Kier molecular flexibility index (Phi) is 7.16. The Balaban J connectivity index is 1.18. The quantitative estimate of drug-likeness (QED) is 0.474. The molecule has 184 valence electrons.